The van der Waals surface area contributed by atoms with Crippen molar-refractivity contribution in [1.82, 2.24) is 5.32 Å². The highest BCUT2D eigenvalue weighted by molar-refractivity contribution is 5.92. The Bertz CT molecular complexity index is 301. The van der Waals surface area contributed by atoms with Gasteiger partial charge in [0.15, 0.2) is 6.29 Å². The number of hydrogen-bond acceptors (Lipinski definition) is 4. The van der Waals surface area contributed by atoms with E-state index in [0.717, 1.165) is 0 Å². The molecule has 4 N–H and O–H groups in total. The number of amides is 1. The maximum atomic E-state index is 11.3. The highest BCUT2D eigenvalue weighted by atomic mass is 16.5. The Kier molecular flexibility index (Phi) is 4.76. The van der Waals surface area contributed by atoms with Crippen LogP contribution in [0.5, 0.6) is 0 Å². The number of rotatable bonds is 5. The van der Waals surface area contributed by atoms with Crippen LogP contribution in [0.4, 0.5) is 5.69 Å². The summed E-state index contributed by atoms with van der Waals surface area (Å²) in [5.41, 5.74) is 0.717. The molecule has 0 bridgehead atoms. The maximum absolute atomic E-state index is 11.3. The fraction of sp³-hybridized carbons (Fsp3) is 0.300. The van der Waals surface area contributed by atoms with Crippen molar-refractivity contribution in [1.29, 1.82) is 0 Å². The van der Waals surface area contributed by atoms with Gasteiger partial charge in [0, 0.05) is 12.2 Å². The lowest BCUT2D eigenvalue weighted by atomic mass is 10.3. The van der Waals surface area contributed by atoms with E-state index < -0.39 is 6.29 Å². The summed E-state index contributed by atoms with van der Waals surface area (Å²) in [4.78, 5) is 11.3. The molecule has 1 amide bonds. The van der Waals surface area contributed by atoms with E-state index in [1.807, 2.05) is 18.2 Å². The smallest absolute Gasteiger partial charge is 0.238 e. The second-order valence-electron chi connectivity index (χ2n) is 3.03. The predicted molar refractivity (Wildman–Crippen MR) is 56.2 cm³/mol. The van der Waals surface area contributed by atoms with Gasteiger partial charge in [0.2, 0.25) is 5.91 Å². The molecule has 0 atom stereocenters. The van der Waals surface area contributed by atoms with E-state index in [1.54, 1.807) is 12.1 Å². The molecule has 0 aromatic heterocycles. The molecule has 0 aliphatic carbocycles. The van der Waals surface area contributed by atoms with E-state index >= 15 is 0 Å². The first kappa shape index (κ1) is 11.6. The van der Waals surface area contributed by atoms with Crippen LogP contribution in [0.2, 0.25) is 0 Å². The molecule has 0 saturated heterocycles. The summed E-state index contributed by atoms with van der Waals surface area (Å²) in [6, 6.07) is 9.05. The molecule has 82 valence electrons. The van der Waals surface area contributed by atoms with Gasteiger partial charge in [-0.05, 0) is 12.1 Å². The van der Waals surface area contributed by atoms with E-state index in [0.29, 0.717) is 5.69 Å². The molecule has 0 aliphatic heterocycles. The Morgan fingerprint density at radius 2 is 1.93 bits per heavy atom. The summed E-state index contributed by atoms with van der Waals surface area (Å²) in [7, 11) is 0. The van der Waals surface area contributed by atoms with Crippen molar-refractivity contribution in [3.63, 3.8) is 0 Å². The first-order valence-corrected chi connectivity index (χ1v) is 4.60. The van der Waals surface area contributed by atoms with Crippen LogP contribution in [0, 0.1) is 0 Å². The summed E-state index contributed by atoms with van der Waals surface area (Å²) in [5.74, 6) is -0.221. The number of hydrogen-bond donors (Lipinski definition) is 4. The van der Waals surface area contributed by atoms with Crippen LogP contribution < -0.4 is 10.6 Å². The summed E-state index contributed by atoms with van der Waals surface area (Å²) < 4.78 is 0. The van der Waals surface area contributed by atoms with Crippen molar-refractivity contribution in [2.75, 3.05) is 18.4 Å². The number of carbonyl (C=O) groups excluding carboxylic acids is 1. The monoisotopic (exact) mass is 210 g/mol. The number of anilines is 1. The van der Waals surface area contributed by atoms with Crippen molar-refractivity contribution in [3.8, 4) is 0 Å². The van der Waals surface area contributed by atoms with Gasteiger partial charge in [-0.2, -0.15) is 0 Å². The number of para-hydroxylation sites is 1. The van der Waals surface area contributed by atoms with Crippen molar-refractivity contribution in [2.24, 2.45) is 0 Å². The Labute approximate surface area is 87.7 Å². The van der Waals surface area contributed by atoms with Crippen LogP contribution >= 0.6 is 0 Å². The quantitative estimate of drug-likeness (QED) is 0.495. The van der Waals surface area contributed by atoms with Crippen LogP contribution in [0.3, 0.4) is 0 Å². The zero-order valence-electron chi connectivity index (χ0n) is 8.18. The first-order chi connectivity index (χ1) is 7.18. The van der Waals surface area contributed by atoms with Gasteiger partial charge in [-0.25, -0.2) is 0 Å². The molecule has 1 rings (SSSR count). The van der Waals surface area contributed by atoms with E-state index in [2.05, 4.69) is 10.6 Å². The Balaban J connectivity index is 2.25. The third-order valence-electron chi connectivity index (χ3n) is 1.67. The molecule has 0 aliphatic rings. The number of benzene rings is 1. The SMILES string of the molecule is O=C(CNCC(O)O)Nc1ccccc1. The van der Waals surface area contributed by atoms with Crippen molar-refractivity contribution in [3.05, 3.63) is 30.3 Å². The van der Waals surface area contributed by atoms with E-state index in [9.17, 15) is 4.79 Å². The molecule has 0 spiro atoms. The zero-order chi connectivity index (χ0) is 11.1. The Hall–Kier alpha value is -1.43. The molecule has 0 fully saturated rings. The molecule has 0 unspecified atom stereocenters. The van der Waals surface area contributed by atoms with Crippen molar-refractivity contribution < 1.29 is 15.0 Å². The second kappa shape index (κ2) is 6.13. The molecular weight excluding hydrogens is 196 g/mol. The number of carbonyl (C=O) groups is 1. The average molecular weight is 210 g/mol. The molecule has 1 aromatic carbocycles. The summed E-state index contributed by atoms with van der Waals surface area (Å²) >= 11 is 0. The Morgan fingerprint density at radius 1 is 1.27 bits per heavy atom. The van der Waals surface area contributed by atoms with Crippen LogP contribution in [0.25, 0.3) is 0 Å². The highest BCUT2D eigenvalue weighted by Crippen LogP contribution is 2.03. The largest absolute Gasteiger partial charge is 0.367 e. The van der Waals surface area contributed by atoms with Gasteiger partial charge in [0.25, 0.3) is 0 Å². The summed E-state index contributed by atoms with van der Waals surface area (Å²) in [6.07, 6.45) is -1.44. The third kappa shape index (κ3) is 5.11. The van der Waals surface area contributed by atoms with E-state index in [4.69, 9.17) is 10.2 Å². The maximum Gasteiger partial charge on any atom is 0.238 e. The van der Waals surface area contributed by atoms with Gasteiger partial charge in [0.1, 0.15) is 0 Å². The highest BCUT2D eigenvalue weighted by Gasteiger charge is 2.02. The van der Waals surface area contributed by atoms with Gasteiger partial charge in [0.05, 0.1) is 6.54 Å². The standard InChI is InChI=1S/C10H14N2O3/c13-9(6-11-7-10(14)15)12-8-4-2-1-3-5-8/h1-5,10-11,14-15H,6-7H2,(H,12,13). The Morgan fingerprint density at radius 3 is 2.53 bits per heavy atom. The third-order valence-corrected chi connectivity index (χ3v) is 1.67. The van der Waals surface area contributed by atoms with Gasteiger partial charge < -0.3 is 20.8 Å². The van der Waals surface area contributed by atoms with Gasteiger partial charge >= 0.3 is 0 Å². The zero-order valence-corrected chi connectivity index (χ0v) is 8.18. The molecular formula is C10H14N2O3. The minimum absolute atomic E-state index is 0.0256. The van der Waals surface area contributed by atoms with Gasteiger partial charge in [-0.3, -0.25) is 4.79 Å². The average Bonchev–Trinajstić information content (AvgIpc) is 2.18. The number of aliphatic hydroxyl groups excluding tert-OH is 1. The van der Waals surface area contributed by atoms with E-state index in [-0.39, 0.29) is 19.0 Å². The van der Waals surface area contributed by atoms with Crippen LogP contribution in [0.15, 0.2) is 30.3 Å². The van der Waals surface area contributed by atoms with Crippen molar-refractivity contribution in [2.45, 2.75) is 6.29 Å². The molecule has 1 aromatic rings. The minimum atomic E-state index is -1.44. The van der Waals surface area contributed by atoms with Crippen LogP contribution in [-0.4, -0.2) is 35.5 Å². The van der Waals surface area contributed by atoms with Gasteiger partial charge in [-0.15, -0.1) is 0 Å². The normalized spacial score (nSPS) is 10.3. The fourth-order valence-electron chi connectivity index (χ4n) is 1.04. The topological polar surface area (TPSA) is 81.6 Å². The summed E-state index contributed by atoms with van der Waals surface area (Å²) in [5, 5.41) is 22.3. The lowest BCUT2D eigenvalue weighted by Crippen LogP contribution is -2.33. The van der Waals surface area contributed by atoms with E-state index in [1.165, 1.54) is 0 Å². The minimum Gasteiger partial charge on any atom is -0.367 e. The summed E-state index contributed by atoms with van der Waals surface area (Å²) in [6.45, 7) is 0.0225. The second-order valence-corrected chi connectivity index (χ2v) is 3.03. The molecule has 5 heteroatoms. The van der Waals surface area contributed by atoms with Crippen molar-refractivity contribution >= 4 is 11.6 Å². The predicted octanol–water partition coefficient (Wildman–Crippen LogP) is -0.475. The van der Waals surface area contributed by atoms with Crippen LogP contribution in [0.1, 0.15) is 0 Å². The number of nitrogens with one attached hydrogen (secondary N) is 2. The number of aliphatic hydroxyl groups is 2. The molecule has 5 nitrogen and oxygen atoms in total. The van der Waals surface area contributed by atoms with Gasteiger partial charge in [-0.1, -0.05) is 18.2 Å². The lowest BCUT2D eigenvalue weighted by molar-refractivity contribution is -0.115. The first-order valence-electron chi connectivity index (χ1n) is 4.60. The lowest BCUT2D eigenvalue weighted by Gasteiger charge is -2.07. The molecule has 0 heterocycles. The van der Waals surface area contributed by atoms with Crippen LogP contribution in [-0.2, 0) is 4.79 Å². The molecule has 0 saturated carbocycles. The molecule has 15 heavy (non-hydrogen) atoms. The fourth-order valence-corrected chi connectivity index (χ4v) is 1.04. The molecule has 0 radical (unpaired) electrons.